The SMILES string of the molecule is COc1ccc2c(CC=O)c(-c3ccc4c(c3)OCO4)n(C)c(=O)c2c1OC. The molecule has 0 N–H and O–H groups in total. The summed E-state index contributed by atoms with van der Waals surface area (Å²) < 4.78 is 23.2. The summed E-state index contributed by atoms with van der Waals surface area (Å²) in [6, 6.07) is 8.98. The molecular formula is C21H19NO6. The number of benzene rings is 2. The van der Waals surface area contributed by atoms with E-state index in [1.54, 1.807) is 25.2 Å². The first-order valence-corrected chi connectivity index (χ1v) is 8.71. The molecular weight excluding hydrogens is 362 g/mol. The number of aldehydes is 1. The van der Waals surface area contributed by atoms with Crippen molar-refractivity contribution in [2.45, 2.75) is 6.42 Å². The maximum Gasteiger partial charge on any atom is 0.262 e. The number of nitrogens with zero attached hydrogens (tertiary/aromatic N) is 1. The fraction of sp³-hybridized carbons (Fsp3) is 0.238. The molecule has 0 saturated carbocycles. The Hall–Kier alpha value is -3.48. The molecule has 0 bridgehead atoms. The molecule has 2 heterocycles. The van der Waals surface area contributed by atoms with Crippen molar-refractivity contribution in [3.8, 4) is 34.3 Å². The van der Waals surface area contributed by atoms with E-state index in [9.17, 15) is 9.59 Å². The lowest BCUT2D eigenvalue weighted by atomic mass is 9.96. The minimum atomic E-state index is -0.243. The summed E-state index contributed by atoms with van der Waals surface area (Å²) in [5.41, 5.74) is 1.90. The Labute approximate surface area is 161 Å². The Morgan fingerprint density at radius 3 is 2.61 bits per heavy atom. The molecule has 0 unspecified atom stereocenters. The van der Waals surface area contributed by atoms with E-state index >= 15 is 0 Å². The lowest BCUT2D eigenvalue weighted by Crippen LogP contribution is -2.22. The zero-order valence-corrected chi connectivity index (χ0v) is 15.8. The Kier molecular flexibility index (Phi) is 4.43. The standard InChI is InChI=1S/C21H19NO6/c1-22-19(12-4-6-15-17(10-12)28-11-27-15)14(8-9-23)13-5-7-16(25-2)20(26-3)18(13)21(22)24/h4-7,9-10H,8,11H2,1-3H3. The fourth-order valence-electron chi connectivity index (χ4n) is 3.69. The van der Waals surface area contributed by atoms with Crippen LogP contribution in [0.25, 0.3) is 22.0 Å². The molecule has 0 atom stereocenters. The summed E-state index contributed by atoms with van der Waals surface area (Å²) in [5, 5.41) is 1.03. The Balaban J connectivity index is 2.10. The number of rotatable bonds is 5. The van der Waals surface area contributed by atoms with Gasteiger partial charge in [0.15, 0.2) is 23.0 Å². The summed E-state index contributed by atoms with van der Waals surface area (Å²) in [6.45, 7) is 0.160. The Bertz CT molecular complexity index is 1150. The van der Waals surface area contributed by atoms with Crippen molar-refractivity contribution in [3.63, 3.8) is 0 Å². The predicted octanol–water partition coefficient (Wildman–Crippen LogP) is 2.69. The monoisotopic (exact) mass is 381 g/mol. The molecule has 0 amide bonds. The van der Waals surface area contributed by atoms with Gasteiger partial charge in [0.1, 0.15) is 6.29 Å². The van der Waals surface area contributed by atoms with Gasteiger partial charge in [-0.2, -0.15) is 0 Å². The van der Waals surface area contributed by atoms with E-state index in [2.05, 4.69) is 0 Å². The van der Waals surface area contributed by atoms with Crippen LogP contribution in [-0.4, -0.2) is 31.9 Å². The molecule has 1 aliphatic heterocycles. The molecule has 7 heteroatoms. The third-order valence-corrected chi connectivity index (χ3v) is 4.94. The van der Waals surface area contributed by atoms with Crippen molar-refractivity contribution < 1.29 is 23.7 Å². The third kappa shape index (κ3) is 2.58. The molecule has 4 rings (SSSR count). The van der Waals surface area contributed by atoms with E-state index in [0.717, 1.165) is 17.4 Å². The zero-order valence-electron chi connectivity index (χ0n) is 15.8. The molecule has 144 valence electrons. The van der Waals surface area contributed by atoms with Crippen LogP contribution in [0.15, 0.2) is 35.1 Å². The number of carbonyl (C=O) groups excluding carboxylic acids is 1. The molecule has 1 aromatic heterocycles. The van der Waals surface area contributed by atoms with Gasteiger partial charge in [-0.1, -0.05) is 0 Å². The van der Waals surface area contributed by atoms with Crippen LogP contribution in [-0.2, 0) is 18.3 Å². The van der Waals surface area contributed by atoms with Gasteiger partial charge in [-0.15, -0.1) is 0 Å². The lowest BCUT2D eigenvalue weighted by Gasteiger charge is -2.19. The van der Waals surface area contributed by atoms with Crippen molar-refractivity contribution >= 4 is 17.1 Å². The number of methoxy groups -OCH3 is 2. The summed E-state index contributed by atoms with van der Waals surface area (Å²) in [7, 11) is 4.68. The normalized spacial score (nSPS) is 12.2. The highest BCUT2D eigenvalue weighted by Gasteiger charge is 2.23. The van der Waals surface area contributed by atoms with Crippen molar-refractivity contribution in [1.29, 1.82) is 0 Å². The average molecular weight is 381 g/mol. The summed E-state index contributed by atoms with van der Waals surface area (Å²) in [6.07, 6.45) is 0.969. The van der Waals surface area contributed by atoms with Crippen LogP contribution < -0.4 is 24.5 Å². The van der Waals surface area contributed by atoms with E-state index in [1.807, 2.05) is 12.1 Å². The molecule has 7 nitrogen and oxygen atoms in total. The first-order chi connectivity index (χ1) is 13.6. The van der Waals surface area contributed by atoms with Gasteiger partial charge < -0.3 is 28.3 Å². The van der Waals surface area contributed by atoms with Crippen molar-refractivity contribution in [2.24, 2.45) is 7.05 Å². The van der Waals surface area contributed by atoms with Gasteiger partial charge in [-0.25, -0.2) is 0 Å². The van der Waals surface area contributed by atoms with Gasteiger partial charge in [0.05, 0.1) is 25.3 Å². The molecule has 0 saturated heterocycles. The van der Waals surface area contributed by atoms with E-state index in [4.69, 9.17) is 18.9 Å². The lowest BCUT2D eigenvalue weighted by molar-refractivity contribution is -0.107. The topological polar surface area (TPSA) is 76.0 Å². The maximum absolute atomic E-state index is 13.2. The number of pyridine rings is 1. The number of carbonyl (C=O) groups is 1. The van der Waals surface area contributed by atoms with Gasteiger partial charge in [0, 0.05) is 19.0 Å². The van der Waals surface area contributed by atoms with Gasteiger partial charge in [-0.3, -0.25) is 4.79 Å². The average Bonchev–Trinajstić information content (AvgIpc) is 3.18. The van der Waals surface area contributed by atoms with Crippen LogP contribution in [0.1, 0.15) is 5.56 Å². The van der Waals surface area contributed by atoms with Crippen molar-refractivity contribution in [3.05, 3.63) is 46.2 Å². The van der Waals surface area contributed by atoms with Crippen LogP contribution in [0, 0.1) is 0 Å². The van der Waals surface area contributed by atoms with Gasteiger partial charge in [0.25, 0.3) is 5.56 Å². The highest BCUT2D eigenvalue weighted by molar-refractivity contribution is 5.97. The maximum atomic E-state index is 13.2. The molecule has 0 fully saturated rings. The minimum absolute atomic E-state index is 0.143. The van der Waals surface area contributed by atoms with Gasteiger partial charge >= 0.3 is 0 Å². The van der Waals surface area contributed by atoms with E-state index in [0.29, 0.717) is 39.5 Å². The van der Waals surface area contributed by atoms with Crippen LogP contribution in [0.5, 0.6) is 23.0 Å². The quantitative estimate of drug-likeness (QED) is 0.633. The molecule has 0 radical (unpaired) electrons. The first-order valence-electron chi connectivity index (χ1n) is 8.71. The number of hydrogen-bond acceptors (Lipinski definition) is 6. The van der Waals surface area contributed by atoms with Crippen molar-refractivity contribution in [2.75, 3.05) is 21.0 Å². The second-order valence-electron chi connectivity index (χ2n) is 6.35. The number of fused-ring (bicyclic) bond motifs is 2. The predicted molar refractivity (Wildman–Crippen MR) is 104 cm³/mol. The van der Waals surface area contributed by atoms with Crippen LogP contribution in [0.4, 0.5) is 0 Å². The second-order valence-corrected chi connectivity index (χ2v) is 6.35. The van der Waals surface area contributed by atoms with E-state index in [1.165, 1.54) is 18.8 Å². The molecule has 0 spiro atoms. The highest BCUT2D eigenvalue weighted by atomic mass is 16.7. The van der Waals surface area contributed by atoms with E-state index in [-0.39, 0.29) is 18.8 Å². The molecule has 2 aromatic carbocycles. The summed E-state index contributed by atoms with van der Waals surface area (Å²) >= 11 is 0. The Morgan fingerprint density at radius 2 is 1.89 bits per heavy atom. The number of hydrogen-bond donors (Lipinski definition) is 0. The zero-order chi connectivity index (χ0) is 19.8. The first kappa shape index (κ1) is 17.9. The molecule has 3 aromatic rings. The third-order valence-electron chi connectivity index (χ3n) is 4.94. The van der Waals surface area contributed by atoms with Crippen molar-refractivity contribution in [1.82, 2.24) is 4.57 Å². The second kappa shape index (κ2) is 6.92. The van der Waals surface area contributed by atoms with Gasteiger partial charge in [-0.05, 0) is 41.3 Å². The minimum Gasteiger partial charge on any atom is -0.493 e. The van der Waals surface area contributed by atoms with Crippen LogP contribution in [0.3, 0.4) is 0 Å². The van der Waals surface area contributed by atoms with Crippen LogP contribution >= 0.6 is 0 Å². The summed E-state index contributed by atoms with van der Waals surface area (Å²) in [4.78, 5) is 24.7. The van der Waals surface area contributed by atoms with E-state index < -0.39 is 0 Å². The fourth-order valence-corrected chi connectivity index (χ4v) is 3.69. The molecule has 1 aliphatic rings. The van der Waals surface area contributed by atoms with Gasteiger partial charge in [0.2, 0.25) is 6.79 Å². The summed E-state index contributed by atoms with van der Waals surface area (Å²) in [5.74, 6) is 2.07. The largest absolute Gasteiger partial charge is 0.493 e. The number of ether oxygens (including phenoxy) is 4. The smallest absolute Gasteiger partial charge is 0.262 e. The highest BCUT2D eigenvalue weighted by Crippen LogP contribution is 2.40. The number of aromatic nitrogens is 1. The Morgan fingerprint density at radius 1 is 1.11 bits per heavy atom. The molecule has 28 heavy (non-hydrogen) atoms. The molecule has 0 aliphatic carbocycles. The van der Waals surface area contributed by atoms with Crippen LogP contribution in [0.2, 0.25) is 0 Å².